The molecule has 148 valence electrons. The Labute approximate surface area is 165 Å². The molecule has 0 unspecified atom stereocenters. The largest absolute Gasteiger partial charge is 0.361 e. The number of hydrogen-bond acceptors (Lipinski definition) is 5. The van der Waals surface area contributed by atoms with Crippen LogP contribution in [0.1, 0.15) is 65.7 Å². The Morgan fingerprint density at radius 1 is 1.19 bits per heavy atom. The van der Waals surface area contributed by atoms with Gasteiger partial charge in [-0.1, -0.05) is 19.0 Å². The number of aryl methyl sites for hydroxylation is 5. The van der Waals surface area contributed by atoms with Gasteiger partial charge in [0.25, 0.3) is 0 Å². The summed E-state index contributed by atoms with van der Waals surface area (Å²) >= 11 is 1.91. The minimum Gasteiger partial charge on any atom is -0.361 e. The third-order valence-electron chi connectivity index (χ3n) is 5.01. The maximum absolute atomic E-state index is 5.43. The van der Waals surface area contributed by atoms with E-state index in [4.69, 9.17) is 9.51 Å². The van der Waals surface area contributed by atoms with E-state index in [1.54, 1.807) is 7.05 Å². The molecule has 7 heteroatoms. The quantitative estimate of drug-likeness (QED) is 0.411. The molecule has 27 heavy (non-hydrogen) atoms. The number of aliphatic imine (C=N–C) groups is 1. The van der Waals surface area contributed by atoms with Crippen molar-refractivity contribution < 1.29 is 4.52 Å². The van der Waals surface area contributed by atoms with Crippen LogP contribution in [0, 0.1) is 0 Å². The third kappa shape index (κ3) is 5.09. The van der Waals surface area contributed by atoms with Crippen LogP contribution in [0.5, 0.6) is 0 Å². The van der Waals surface area contributed by atoms with Crippen molar-refractivity contribution in [3.63, 3.8) is 0 Å². The first-order valence-electron chi connectivity index (χ1n) is 10.1. The molecule has 0 aliphatic heterocycles. The molecule has 1 aliphatic rings. The molecule has 2 N–H and O–H groups in total. The molecule has 0 spiro atoms. The van der Waals surface area contributed by atoms with Gasteiger partial charge in [-0.3, -0.25) is 4.99 Å². The van der Waals surface area contributed by atoms with Gasteiger partial charge in [0, 0.05) is 43.4 Å². The summed E-state index contributed by atoms with van der Waals surface area (Å²) in [6.07, 6.45) is 8.84. The van der Waals surface area contributed by atoms with E-state index in [0.29, 0.717) is 6.54 Å². The number of nitrogens with zero attached hydrogens (tertiary/aromatic N) is 3. The first kappa shape index (κ1) is 19.9. The second-order valence-electron chi connectivity index (χ2n) is 6.88. The van der Waals surface area contributed by atoms with Gasteiger partial charge in [0.1, 0.15) is 5.76 Å². The molecule has 0 bridgehead atoms. The third-order valence-corrected chi connectivity index (χ3v) is 6.23. The van der Waals surface area contributed by atoms with E-state index < -0.39 is 0 Å². The summed E-state index contributed by atoms with van der Waals surface area (Å²) in [5, 5.41) is 12.2. The zero-order valence-electron chi connectivity index (χ0n) is 16.7. The standard InChI is InChI=1S/C20H31N5OS/c1-4-15-14(17(5-2)26-25-15)13-23-20(21-3)22-12-8-11-19-24-16-9-6-7-10-18(16)27-19/h4-13H2,1-3H3,(H2,21,22,23). The fraction of sp³-hybridized carbons (Fsp3) is 0.650. The average molecular weight is 390 g/mol. The van der Waals surface area contributed by atoms with Crippen molar-refractivity contribution in [2.45, 2.75) is 71.8 Å². The van der Waals surface area contributed by atoms with Crippen LogP contribution in [0.25, 0.3) is 0 Å². The van der Waals surface area contributed by atoms with Gasteiger partial charge in [-0.05, 0) is 38.5 Å². The Bertz CT molecular complexity index is 720. The van der Waals surface area contributed by atoms with Crippen LogP contribution in [0.4, 0.5) is 0 Å². The fourth-order valence-electron chi connectivity index (χ4n) is 3.49. The molecule has 0 saturated heterocycles. The Balaban J connectivity index is 1.43. The predicted molar refractivity (Wildman–Crippen MR) is 111 cm³/mol. The van der Waals surface area contributed by atoms with Crippen molar-refractivity contribution in [1.29, 1.82) is 0 Å². The summed E-state index contributed by atoms with van der Waals surface area (Å²) in [4.78, 5) is 10.7. The fourth-order valence-corrected chi connectivity index (χ4v) is 4.69. The Morgan fingerprint density at radius 2 is 2.04 bits per heavy atom. The number of guanidine groups is 1. The van der Waals surface area contributed by atoms with E-state index in [-0.39, 0.29) is 0 Å². The topological polar surface area (TPSA) is 75.3 Å². The van der Waals surface area contributed by atoms with E-state index in [2.05, 4.69) is 34.6 Å². The molecule has 2 aromatic rings. The summed E-state index contributed by atoms with van der Waals surface area (Å²) in [7, 11) is 1.80. The lowest BCUT2D eigenvalue weighted by atomic mass is 10.0. The molecule has 3 rings (SSSR count). The Kier molecular flexibility index (Phi) is 7.26. The monoisotopic (exact) mass is 389 g/mol. The number of hydrogen-bond donors (Lipinski definition) is 2. The van der Waals surface area contributed by atoms with E-state index in [0.717, 1.165) is 55.2 Å². The number of nitrogens with one attached hydrogen (secondary N) is 2. The summed E-state index contributed by atoms with van der Waals surface area (Å²) in [6, 6.07) is 0. The van der Waals surface area contributed by atoms with Crippen LogP contribution in [0.3, 0.4) is 0 Å². The first-order valence-corrected chi connectivity index (χ1v) is 10.9. The van der Waals surface area contributed by atoms with E-state index in [9.17, 15) is 0 Å². The number of aromatic nitrogens is 2. The minimum absolute atomic E-state index is 0.689. The molecular weight excluding hydrogens is 358 g/mol. The lowest BCUT2D eigenvalue weighted by Gasteiger charge is -2.12. The number of thiazole rings is 1. The highest BCUT2D eigenvalue weighted by Crippen LogP contribution is 2.27. The Morgan fingerprint density at radius 3 is 2.78 bits per heavy atom. The van der Waals surface area contributed by atoms with Gasteiger partial charge in [-0.25, -0.2) is 4.98 Å². The molecule has 2 heterocycles. The molecule has 2 aromatic heterocycles. The van der Waals surface area contributed by atoms with Crippen LogP contribution in [0.2, 0.25) is 0 Å². The van der Waals surface area contributed by atoms with Crippen molar-refractivity contribution in [3.05, 3.63) is 32.6 Å². The van der Waals surface area contributed by atoms with Gasteiger partial charge >= 0.3 is 0 Å². The lowest BCUT2D eigenvalue weighted by Crippen LogP contribution is -2.37. The molecule has 0 atom stereocenters. The maximum atomic E-state index is 5.43. The highest BCUT2D eigenvalue weighted by molar-refractivity contribution is 7.11. The summed E-state index contributed by atoms with van der Waals surface area (Å²) < 4.78 is 5.43. The minimum atomic E-state index is 0.689. The first-order chi connectivity index (χ1) is 13.2. The van der Waals surface area contributed by atoms with Crippen molar-refractivity contribution in [3.8, 4) is 0 Å². The smallest absolute Gasteiger partial charge is 0.191 e. The molecule has 6 nitrogen and oxygen atoms in total. The van der Waals surface area contributed by atoms with Crippen LogP contribution >= 0.6 is 11.3 Å². The van der Waals surface area contributed by atoms with E-state index in [1.165, 1.54) is 41.3 Å². The molecule has 1 aliphatic carbocycles. The molecular formula is C20H31N5OS. The SMILES string of the molecule is CCc1noc(CC)c1CNC(=NC)NCCCc1nc2c(s1)CCCC2. The second-order valence-corrected chi connectivity index (χ2v) is 8.05. The molecule has 0 radical (unpaired) electrons. The van der Waals surface area contributed by atoms with Gasteiger partial charge < -0.3 is 15.2 Å². The van der Waals surface area contributed by atoms with Gasteiger partial charge in [-0.2, -0.15) is 0 Å². The van der Waals surface area contributed by atoms with Crippen LogP contribution < -0.4 is 10.6 Å². The maximum Gasteiger partial charge on any atom is 0.191 e. The second kappa shape index (κ2) is 9.88. The summed E-state index contributed by atoms with van der Waals surface area (Å²) in [6.45, 7) is 5.76. The van der Waals surface area contributed by atoms with Crippen molar-refractivity contribution in [2.24, 2.45) is 4.99 Å². The molecule has 0 amide bonds. The molecule has 0 aromatic carbocycles. The highest BCUT2D eigenvalue weighted by Gasteiger charge is 2.15. The molecule has 0 fully saturated rings. The number of rotatable bonds is 8. The van der Waals surface area contributed by atoms with E-state index in [1.807, 2.05) is 11.3 Å². The van der Waals surface area contributed by atoms with Crippen molar-refractivity contribution >= 4 is 17.3 Å². The average Bonchev–Trinajstić information content (AvgIpc) is 3.30. The van der Waals surface area contributed by atoms with Crippen LogP contribution in [0.15, 0.2) is 9.52 Å². The van der Waals surface area contributed by atoms with Gasteiger partial charge in [-0.15, -0.1) is 11.3 Å². The zero-order valence-corrected chi connectivity index (χ0v) is 17.5. The van der Waals surface area contributed by atoms with Crippen LogP contribution in [-0.4, -0.2) is 29.7 Å². The van der Waals surface area contributed by atoms with Gasteiger partial charge in [0.05, 0.1) is 16.4 Å². The van der Waals surface area contributed by atoms with Gasteiger partial charge in [0.15, 0.2) is 5.96 Å². The summed E-state index contributed by atoms with van der Waals surface area (Å²) in [5.74, 6) is 1.78. The number of fused-ring (bicyclic) bond motifs is 1. The molecule has 0 saturated carbocycles. The highest BCUT2D eigenvalue weighted by atomic mass is 32.1. The summed E-state index contributed by atoms with van der Waals surface area (Å²) in [5.41, 5.74) is 3.55. The Hall–Kier alpha value is -1.89. The van der Waals surface area contributed by atoms with Crippen molar-refractivity contribution in [2.75, 3.05) is 13.6 Å². The lowest BCUT2D eigenvalue weighted by molar-refractivity contribution is 0.380. The van der Waals surface area contributed by atoms with E-state index >= 15 is 0 Å². The predicted octanol–water partition coefficient (Wildman–Crippen LogP) is 3.43. The zero-order chi connectivity index (χ0) is 19.1. The van der Waals surface area contributed by atoms with Crippen molar-refractivity contribution in [1.82, 2.24) is 20.8 Å². The van der Waals surface area contributed by atoms with Crippen LogP contribution in [-0.2, 0) is 38.6 Å². The normalized spacial score (nSPS) is 14.3. The van der Waals surface area contributed by atoms with Gasteiger partial charge in [0.2, 0.25) is 0 Å².